The average Bonchev–Trinajstić information content (AvgIpc) is 2.22. The lowest BCUT2D eigenvalue weighted by Gasteiger charge is -2.07. The SMILES string of the molecule is NCCCn1c(=O)ccn(CCO)c1=O. The Morgan fingerprint density at radius 3 is 2.67 bits per heavy atom. The van der Waals surface area contributed by atoms with E-state index in [0.29, 0.717) is 19.5 Å². The second-order valence-corrected chi connectivity index (χ2v) is 3.15. The van der Waals surface area contributed by atoms with Gasteiger partial charge in [0.1, 0.15) is 0 Å². The van der Waals surface area contributed by atoms with Crippen LogP contribution in [-0.4, -0.2) is 27.4 Å². The van der Waals surface area contributed by atoms with Gasteiger partial charge >= 0.3 is 5.69 Å². The number of hydrogen-bond donors (Lipinski definition) is 2. The van der Waals surface area contributed by atoms with Gasteiger partial charge in [0, 0.05) is 18.8 Å². The number of aliphatic hydroxyl groups excluding tert-OH is 1. The topological polar surface area (TPSA) is 90.2 Å². The highest BCUT2D eigenvalue weighted by molar-refractivity contribution is 4.86. The summed E-state index contributed by atoms with van der Waals surface area (Å²) in [6.07, 6.45) is 1.97. The predicted octanol–water partition coefficient (Wildman–Crippen LogP) is -1.65. The van der Waals surface area contributed by atoms with Gasteiger partial charge in [0.05, 0.1) is 13.2 Å². The maximum absolute atomic E-state index is 11.7. The van der Waals surface area contributed by atoms with Crippen molar-refractivity contribution < 1.29 is 5.11 Å². The van der Waals surface area contributed by atoms with E-state index in [1.807, 2.05) is 0 Å². The third-order valence-electron chi connectivity index (χ3n) is 2.07. The smallest absolute Gasteiger partial charge is 0.331 e. The molecule has 0 saturated carbocycles. The summed E-state index contributed by atoms with van der Waals surface area (Å²) in [7, 11) is 0. The number of aromatic nitrogens is 2. The van der Waals surface area contributed by atoms with Crippen LogP contribution in [0.5, 0.6) is 0 Å². The van der Waals surface area contributed by atoms with Crippen molar-refractivity contribution in [1.29, 1.82) is 0 Å². The molecular weight excluding hydrogens is 198 g/mol. The Morgan fingerprint density at radius 1 is 1.33 bits per heavy atom. The summed E-state index contributed by atoms with van der Waals surface area (Å²) in [6.45, 7) is 0.817. The van der Waals surface area contributed by atoms with E-state index in [-0.39, 0.29) is 18.7 Å². The second-order valence-electron chi connectivity index (χ2n) is 3.15. The zero-order valence-electron chi connectivity index (χ0n) is 8.43. The normalized spacial score (nSPS) is 10.5. The van der Waals surface area contributed by atoms with Crippen molar-refractivity contribution in [2.45, 2.75) is 19.5 Å². The van der Waals surface area contributed by atoms with Gasteiger partial charge in [0.25, 0.3) is 5.56 Å². The second kappa shape index (κ2) is 5.47. The Bertz CT molecular complexity index is 421. The van der Waals surface area contributed by atoms with E-state index in [1.165, 1.54) is 16.8 Å². The third kappa shape index (κ3) is 2.77. The lowest BCUT2D eigenvalue weighted by Crippen LogP contribution is -2.39. The molecular formula is C9H15N3O3. The molecule has 6 nitrogen and oxygen atoms in total. The molecule has 1 aromatic rings. The summed E-state index contributed by atoms with van der Waals surface area (Å²) in [4.78, 5) is 23.0. The molecule has 0 saturated heterocycles. The fraction of sp³-hybridized carbons (Fsp3) is 0.556. The van der Waals surface area contributed by atoms with Crippen molar-refractivity contribution in [2.75, 3.05) is 13.2 Å². The zero-order valence-corrected chi connectivity index (χ0v) is 8.43. The molecule has 0 spiro atoms. The Hall–Kier alpha value is -1.40. The van der Waals surface area contributed by atoms with Crippen LogP contribution in [0.4, 0.5) is 0 Å². The number of aliphatic hydroxyl groups is 1. The first-order valence-electron chi connectivity index (χ1n) is 4.82. The van der Waals surface area contributed by atoms with Gasteiger partial charge in [-0.1, -0.05) is 0 Å². The number of nitrogens with two attached hydrogens (primary N) is 1. The first-order valence-corrected chi connectivity index (χ1v) is 4.82. The van der Waals surface area contributed by atoms with Crippen LogP contribution < -0.4 is 17.0 Å². The molecule has 1 rings (SSSR count). The molecule has 6 heteroatoms. The quantitative estimate of drug-likeness (QED) is 0.613. The summed E-state index contributed by atoms with van der Waals surface area (Å²) >= 11 is 0. The molecule has 3 N–H and O–H groups in total. The lowest BCUT2D eigenvalue weighted by atomic mass is 10.4. The van der Waals surface area contributed by atoms with Crippen LogP contribution in [0.2, 0.25) is 0 Å². The van der Waals surface area contributed by atoms with E-state index in [2.05, 4.69) is 0 Å². The van der Waals surface area contributed by atoms with Crippen molar-refractivity contribution in [2.24, 2.45) is 5.73 Å². The number of rotatable bonds is 5. The molecule has 0 fully saturated rings. The molecule has 1 aromatic heterocycles. The van der Waals surface area contributed by atoms with Gasteiger partial charge in [-0.25, -0.2) is 4.79 Å². The Labute approximate surface area is 86.6 Å². The zero-order chi connectivity index (χ0) is 11.3. The largest absolute Gasteiger partial charge is 0.395 e. The molecule has 1 heterocycles. The Balaban J connectivity index is 3.07. The maximum atomic E-state index is 11.7. The van der Waals surface area contributed by atoms with E-state index < -0.39 is 5.69 Å². The van der Waals surface area contributed by atoms with Crippen LogP contribution in [0.3, 0.4) is 0 Å². The summed E-state index contributed by atoms with van der Waals surface area (Å²) in [5.41, 5.74) is 4.58. The van der Waals surface area contributed by atoms with Gasteiger partial charge in [0.2, 0.25) is 0 Å². The number of hydrogen-bond acceptors (Lipinski definition) is 4. The van der Waals surface area contributed by atoms with Crippen molar-refractivity contribution >= 4 is 0 Å². The predicted molar refractivity (Wildman–Crippen MR) is 55.7 cm³/mol. The molecule has 0 aliphatic heterocycles. The highest BCUT2D eigenvalue weighted by atomic mass is 16.3. The van der Waals surface area contributed by atoms with Gasteiger partial charge in [-0.2, -0.15) is 0 Å². The lowest BCUT2D eigenvalue weighted by molar-refractivity contribution is 0.271. The maximum Gasteiger partial charge on any atom is 0.331 e. The van der Waals surface area contributed by atoms with Gasteiger partial charge in [-0.3, -0.25) is 13.9 Å². The molecule has 0 aromatic carbocycles. The minimum absolute atomic E-state index is 0.130. The minimum Gasteiger partial charge on any atom is -0.395 e. The molecule has 0 amide bonds. The van der Waals surface area contributed by atoms with Crippen molar-refractivity contribution in [1.82, 2.24) is 9.13 Å². The van der Waals surface area contributed by atoms with Crippen LogP contribution in [-0.2, 0) is 13.1 Å². The van der Waals surface area contributed by atoms with E-state index in [1.54, 1.807) is 0 Å². The minimum atomic E-state index is -0.398. The highest BCUT2D eigenvalue weighted by Crippen LogP contribution is 1.82. The van der Waals surface area contributed by atoms with Crippen LogP contribution >= 0.6 is 0 Å². The fourth-order valence-corrected chi connectivity index (χ4v) is 1.29. The molecule has 84 valence electrons. The molecule has 0 atom stereocenters. The van der Waals surface area contributed by atoms with E-state index >= 15 is 0 Å². The van der Waals surface area contributed by atoms with Crippen molar-refractivity contribution in [3.63, 3.8) is 0 Å². The third-order valence-corrected chi connectivity index (χ3v) is 2.07. The van der Waals surface area contributed by atoms with Gasteiger partial charge in [-0.05, 0) is 13.0 Å². The molecule has 0 bridgehead atoms. The summed E-state index contributed by atoms with van der Waals surface area (Å²) in [5, 5.41) is 8.71. The molecule has 0 aliphatic rings. The van der Waals surface area contributed by atoms with Gasteiger partial charge < -0.3 is 10.8 Å². The Morgan fingerprint density at radius 2 is 2.07 bits per heavy atom. The molecule has 15 heavy (non-hydrogen) atoms. The van der Waals surface area contributed by atoms with E-state index in [9.17, 15) is 9.59 Å². The van der Waals surface area contributed by atoms with Crippen molar-refractivity contribution in [3.8, 4) is 0 Å². The first kappa shape index (κ1) is 11.7. The Kier molecular flexibility index (Phi) is 4.26. The summed E-state index contributed by atoms with van der Waals surface area (Å²) < 4.78 is 2.43. The summed E-state index contributed by atoms with van der Waals surface area (Å²) in [6, 6.07) is 1.31. The molecule has 0 radical (unpaired) electrons. The first-order chi connectivity index (χ1) is 7.20. The average molecular weight is 213 g/mol. The van der Waals surface area contributed by atoms with Crippen LogP contribution in [0.15, 0.2) is 21.9 Å². The van der Waals surface area contributed by atoms with E-state index in [0.717, 1.165) is 4.57 Å². The van der Waals surface area contributed by atoms with Crippen LogP contribution in [0, 0.1) is 0 Å². The van der Waals surface area contributed by atoms with Gasteiger partial charge in [0.15, 0.2) is 0 Å². The molecule has 0 aliphatic carbocycles. The van der Waals surface area contributed by atoms with Crippen LogP contribution in [0.1, 0.15) is 6.42 Å². The van der Waals surface area contributed by atoms with Crippen LogP contribution in [0.25, 0.3) is 0 Å². The standard InChI is InChI=1S/C9H15N3O3/c10-3-1-4-12-8(14)2-5-11(6-7-13)9(12)15/h2,5,13H,1,3-4,6-7,10H2. The number of nitrogens with zero attached hydrogens (tertiary/aromatic N) is 2. The summed E-state index contributed by atoms with van der Waals surface area (Å²) in [5.74, 6) is 0. The van der Waals surface area contributed by atoms with Gasteiger partial charge in [-0.15, -0.1) is 0 Å². The highest BCUT2D eigenvalue weighted by Gasteiger charge is 2.03. The monoisotopic (exact) mass is 213 g/mol. The molecule has 0 unspecified atom stereocenters. The van der Waals surface area contributed by atoms with E-state index in [4.69, 9.17) is 10.8 Å². The van der Waals surface area contributed by atoms with Crippen molar-refractivity contribution in [3.05, 3.63) is 33.1 Å². The fourth-order valence-electron chi connectivity index (χ4n) is 1.29.